The van der Waals surface area contributed by atoms with E-state index in [1.54, 1.807) is 0 Å². The molecule has 216 valence electrons. The highest BCUT2D eigenvalue weighted by molar-refractivity contribution is 5.69. The molecule has 0 aromatic rings. The van der Waals surface area contributed by atoms with Crippen LogP contribution >= 0.6 is 0 Å². The average molecular weight is 558 g/mol. The van der Waals surface area contributed by atoms with Crippen LogP contribution in [0.2, 0.25) is 0 Å². The molecule has 0 spiro atoms. The Morgan fingerprint density at radius 3 is 1.08 bits per heavy atom. The molecule has 2 aliphatic rings. The molecule has 2 heterocycles. The normalized spacial score (nSPS) is 29.9. The Bertz CT molecular complexity index is 946. The van der Waals surface area contributed by atoms with Crippen molar-refractivity contribution >= 4 is 41.8 Å². The Hall–Kier alpha value is -3.88. The maximum absolute atomic E-state index is 11.8. The van der Waals surface area contributed by atoms with E-state index in [4.69, 9.17) is 37.9 Å². The third-order valence-corrected chi connectivity index (χ3v) is 5.02. The Balaban J connectivity index is 2.37. The van der Waals surface area contributed by atoms with Gasteiger partial charge in [0.25, 0.3) is 0 Å². The second-order valence-corrected chi connectivity index (χ2v) is 8.40. The van der Waals surface area contributed by atoms with Gasteiger partial charge in [-0.15, -0.1) is 0 Å². The highest BCUT2D eigenvalue weighted by atomic mass is 16.7. The molecule has 2 saturated heterocycles. The fourth-order valence-corrected chi connectivity index (χ4v) is 3.81. The Morgan fingerprint density at radius 1 is 0.513 bits per heavy atom. The van der Waals surface area contributed by atoms with Crippen LogP contribution in [0.15, 0.2) is 9.98 Å². The van der Waals surface area contributed by atoms with Crippen LogP contribution in [0.25, 0.3) is 0 Å². The van der Waals surface area contributed by atoms with Gasteiger partial charge in [0.1, 0.15) is 0 Å². The molecule has 2 rings (SSSR count). The minimum Gasteiger partial charge on any atom is -0.456 e. The monoisotopic (exact) mass is 558 g/mol. The summed E-state index contributed by atoms with van der Waals surface area (Å²) < 4.78 is 42.3. The van der Waals surface area contributed by atoms with Gasteiger partial charge in [0.05, 0.1) is 19.2 Å². The average Bonchev–Trinajstić information content (AvgIpc) is 2.78. The summed E-state index contributed by atoms with van der Waals surface area (Å²) in [6, 6.07) is 2.31. The van der Waals surface area contributed by atoms with Gasteiger partial charge in [-0.3, -0.25) is 28.8 Å². The zero-order valence-electron chi connectivity index (χ0n) is 22.1. The van der Waals surface area contributed by atoms with E-state index in [9.17, 15) is 28.8 Å². The topological polar surface area (TPSA) is 201 Å². The summed E-state index contributed by atoms with van der Waals surface area (Å²) in [5.74, 6) is -4.41. The Labute approximate surface area is 222 Å². The van der Waals surface area contributed by atoms with Crippen molar-refractivity contribution in [1.29, 1.82) is 0 Å². The standard InChI is InChI=1S/C23H30N2O14/c1-10(26)34-16-7-32-22(20(38-14(5)30)18(16)36-12(3)28)24-9-25-23-21(39-15(6)31)19(37-13(4)29)17(8-33-23)35-11(2)27/h16-23H,7-8H2,1-6H3/t16-,17-,18-,19-,20+,21+,22+,23+/m1/s1. The van der Waals surface area contributed by atoms with Gasteiger partial charge < -0.3 is 37.9 Å². The van der Waals surface area contributed by atoms with Crippen molar-refractivity contribution in [3.8, 4) is 0 Å². The summed E-state index contributed by atoms with van der Waals surface area (Å²) in [5, 5.41) is 0. The van der Waals surface area contributed by atoms with E-state index in [1.807, 2.05) is 0 Å². The second-order valence-electron chi connectivity index (χ2n) is 8.40. The number of hydrogen-bond donors (Lipinski definition) is 0. The number of carbonyl (C=O) groups is 6. The van der Waals surface area contributed by atoms with Crippen LogP contribution in [-0.2, 0) is 66.7 Å². The van der Waals surface area contributed by atoms with Gasteiger partial charge in [0, 0.05) is 41.5 Å². The molecular weight excluding hydrogens is 528 g/mol. The van der Waals surface area contributed by atoms with Crippen molar-refractivity contribution in [3.05, 3.63) is 0 Å². The lowest BCUT2D eigenvalue weighted by Crippen LogP contribution is -2.57. The van der Waals surface area contributed by atoms with E-state index in [0.717, 1.165) is 41.5 Å². The van der Waals surface area contributed by atoms with Gasteiger partial charge >= 0.3 is 35.8 Å². The fourth-order valence-electron chi connectivity index (χ4n) is 3.81. The molecule has 16 heteroatoms. The first-order valence-electron chi connectivity index (χ1n) is 11.7. The molecule has 0 aromatic heterocycles. The van der Waals surface area contributed by atoms with Gasteiger partial charge in [-0.05, 0) is 0 Å². The lowest BCUT2D eigenvalue weighted by atomic mass is 10.0. The van der Waals surface area contributed by atoms with Crippen molar-refractivity contribution in [2.45, 2.75) is 90.6 Å². The molecule has 0 aliphatic carbocycles. The highest BCUT2D eigenvalue weighted by Crippen LogP contribution is 2.27. The minimum atomic E-state index is -1.36. The first-order chi connectivity index (χ1) is 18.3. The quantitative estimate of drug-likeness (QED) is 0.209. The zero-order chi connectivity index (χ0) is 29.3. The molecule has 0 radical (unpaired) electrons. The minimum absolute atomic E-state index is 0.278. The van der Waals surface area contributed by atoms with E-state index in [0.29, 0.717) is 0 Å². The third-order valence-electron chi connectivity index (χ3n) is 5.02. The lowest BCUT2D eigenvalue weighted by molar-refractivity contribution is -0.224. The molecule has 39 heavy (non-hydrogen) atoms. The molecule has 0 bridgehead atoms. The SMILES string of the molecule is CC(=O)O[C@H]1[C@H](OC(C)=O)[C@@H](N=C=N[C@H]2OC[C@@H](OC(C)=O)[C@@H](OC(C)=O)[C@@H]2OC(C)=O)OC[C@H]1OC(C)=O. The summed E-state index contributed by atoms with van der Waals surface area (Å²) in [5.41, 5.74) is 0. The predicted molar refractivity (Wildman–Crippen MR) is 123 cm³/mol. The maximum Gasteiger partial charge on any atom is 0.303 e. The number of nitrogens with zero attached hydrogens (tertiary/aromatic N) is 2. The Kier molecular flexibility index (Phi) is 11.5. The number of rotatable bonds is 8. The molecule has 0 aromatic carbocycles. The van der Waals surface area contributed by atoms with Crippen molar-refractivity contribution < 1.29 is 66.7 Å². The number of carbonyl (C=O) groups excluding carboxylic acids is 6. The van der Waals surface area contributed by atoms with Gasteiger partial charge in [-0.25, -0.2) is 0 Å². The lowest BCUT2D eigenvalue weighted by Gasteiger charge is -2.39. The molecule has 0 N–H and O–H groups in total. The molecule has 0 saturated carbocycles. The van der Waals surface area contributed by atoms with Crippen molar-refractivity contribution in [1.82, 2.24) is 0 Å². The first-order valence-corrected chi connectivity index (χ1v) is 11.7. The molecule has 0 unspecified atom stereocenters. The Morgan fingerprint density at radius 2 is 0.795 bits per heavy atom. The number of aliphatic imine (C=N–C) groups is 2. The van der Waals surface area contributed by atoms with Crippen LogP contribution in [0.1, 0.15) is 41.5 Å². The zero-order valence-corrected chi connectivity index (χ0v) is 22.1. The van der Waals surface area contributed by atoms with E-state index >= 15 is 0 Å². The molecular formula is C23H30N2O14. The van der Waals surface area contributed by atoms with E-state index < -0.39 is 84.9 Å². The van der Waals surface area contributed by atoms with Crippen LogP contribution in [0.3, 0.4) is 0 Å². The van der Waals surface area contributed by atoms with Gasteiger partial charge in [0.15, 0.2) is 49.1 Å². The smallest absolute Gasteiger partial charge is 0.303 e. The van der Waals surface area contributed by atoms with Crippen LogP contribution in [0.4, 0.5) is 0 Å². The predicted octanol–water partition coefficient (Wildman–Crippen LogP) is -0.537. The summed E-state index contributed by atoms with van der Waals surface area (Å²) in [4.78, 5) is 77.9. The fraction of sp³-hybridized carbons (Fsp3) is 0.696. The maximum atomic E-state index is 11.8. The number of esters is 6. The van der Waals surface area contributed by atoms with Gasteiger partial charge in [0.2, 0.25) is 0 Å². The number of ether oxygens (including phenoxy) is 8. The highest BCUT2D eigenvalue weighted by Gasteiger charge is 2.48. The van der Waals surface area contributed by atoms with Crippen LogP contribution < -0.4 is 0 Å². The molecule has 2 aliphatic heterocycles. The van der Waals surface area contributed by atoms with Crippen molar-refractivity contribution in [2.24, 2.45) is 9.98 Å². The summed E-state index contributed by atoms with van der Waals surface area (Å²) >= 11 is 0. The largest absolute Gasteiger partial charge is 0.456 e. The van der Waals surface area contributed by atoms with Crippen LogP contribution in [-0.4, -0.2) is 104 Å². The summed E-state index contributed by atoms with van der Waals surface area (Å²) in [7, 11) is 0. The first kappa shape index (κ1) is 31.3. The number of hydrogen-bond acceptors (Lipinski definition) is 16. The van der Waals surface area contributed by atoms with Crippen molar-refractivity contribution in [3.63, 3.8) is 0 Å². The molecule has 2 fully saturated rings. The van der Waals surface area contributed by atoms with Gasteiger partial charge in [-0.2, -0.15) is 9.98 Å². The summed E-state index contributed by atoms with van der Waals surface area (Å²) in [6.45, 7) is 6.15. The van der Waals surface area contributed by atoms with E-state index in [-0.39, 0.29) is 13.2 Å². The second kappa shape index (κ2) is 14.3. The van der Waals surface area contributed by atoms with Crippen molar-refractivity contribution in [2.75, 3.05) is 13.2 Å². The molecule has 16 nitrogen and oxygen atoms in total. The van der Waals surface area contributed by atoms with Gasteiger partial charge in [-0.1, -0.05) is 0 Å². The van der Waals surface area contributed by atoms with E-state index in [2.05, 4.69) is 16.0 Å². The van der Waals surface area contributed by atoms with E-state index in [1.165, 1.54) is 0 Å². The third kappa shape index (κ3) is 9.74. The molecule has 0 amide bonds. The van der Waals surface area contributed by atoms with Crippen LogP contribution in [0.5, 0.6) is 0 Å². The molecule has 8 atom stereocenters. The van der Waals surface area contributed by atoms with Crippen LogP contribution in [0, 0.1) is 0 Å². The summed E-state index contributed by atoms with van der Waals surface area (Å²) in [6.07, 6.45) is -10.1.